The number of guanidine groups is 1. The fourth-order valence-electron chi connectivity index (χ4n) is 3.46. The standard InChI is InChI=1S/C21H24N6/c1-22-21(23-13-10-20-25-24-19-9-5-6-14-27(19)20)26-15-11-18(12-16-26)17-7-3-2-4-8-17/h2-9,11,14H,10,12-13,15-16H2,1H3,(H,22,23). The molecule has 138 valence electrons. The van der Waals surface area contributed by atoms with E-state index >= 15 is 0 Å². The Morgan fingerprint density at radius 3 is 2.74 bits per heavy atom. The molecule has 6 heteroatoms. The summed E-state index contributed by atoms with van der Waals surface area (Å²) in [5.74, 6) is 1.89. The number of rotatable bonds is 4. The highest BCUT2D eigenvalue weighted by molar-refractivity contribution is 5.81. The van der Waals surface area contributed by atoms with E-state index in [2.05, 4.69) is 61.8 Å². The van der Waals surface area contributed by atoms with Crippen molar-refractivity contribution in [3.8, 4) is 0 Å². The van der Waals surface area contributed by atoms with Crippen LogP contribution in [-0.4, -0.2) is 52.1 Å². The first-order valence-corrected chi connectivity index (χ1v) is 9.34. The summed E-state index contributed by atoms with van der Waals surface area (Å²) in [4.78, 5) is 6.74. The van der Waals surface area contributed by atoms with E-state index in [1.165, 1.54) is 11.1 Å². The van der Waals surface area contributed by atoms with Gasteiger partial charge in [-0.3, -0.25) is 9.39 Å². The zero-order valence-electron chi connectivity index (χ0n) is 15.5. The van der Waals surface area contributed by atoms with Gasteiger partial charge in [0.25, 0.3) is 0 Å². The Morgan fingerprint density at radius 2 is 1.96 bits per heavy atom. The Kier molecular flexibility index (Phi) is 5.14. The molecule has 6 nitrogen and oxygen atoms in total. The minimum absolute atomic E-state index is 0.772. The van der Waals surface area contributed by atoms with Gasteiger partial charge in [-0.2, -0.15) is 0 Å². The van der Waals surface area contributed by atoms with Gasteiger partial charge in [0.05, 0.1) is 0 Å². The van der Waals surface area contributed by atoms with Gasteiger partial charge in [-0.25, -0.2) is 0 Å². The predicted molar refractivity (Wildman–Crippen MR) is 109 cm³/mol. The molecule has 0 aliphatic carbocycles. The molecule has 0 fully saturated rings. The van der Waals surface area contributed by atoms with Gasteiger partial charge in [-0.05, 0) is 29.7 Å². The van der Waals surface area contributed by atoms with E-state index < -0.39 is 0 Å². The van der Waals surface area contributed by atoms with Gasteiger partial charge in [-0.15, -0.1) is 10.2 Å². The number of nitrogens with zero attached hydrogens (tertiary/aromatic N) is 5. The molecule has 0 spiro atoms. The largest absolute Gasteiger partial charge is 0.356 e. The molecule has 1 aliphatic heterocycles. The zero-order chi connectivity index (χ0) is 18.5. The van der Waals surface area contributed by atoms with E-state index in [0.29, 0.717) is 0 Å². The third kappa shape index (κ3) is 3.84. The number of aliphatic imine (C=N–C) groups is 1. The predicted octanol–water partition coefficient (Wildman–Crippen LogP) is 2.64. The quantitative estimate of drug-likeness (QED) is 0.574. The highest BCUT2D eigenvalue weighted by atomic mass is 15.3. The Hall–Kier alpha value is -3.15. The van der Waals surface area contributed by atoms with Crippen molar-refractivity contribution in [1.82, 2.24) is 24.8 Å². The van der Waals surface area contributed by atoms with E-state index in [0.717, 1.165) is 49.9 Å². The smallest absolute Gasteiger partial charge is 0.193 e. The van der Waals surface area contributed by atoms with Crippen LogP contribution in [0.2, 0.25) is 0 Å². The summed E-state index contributed by atoms with van der Waals surface area (Å²) in [6.07, 6.45) is 6.13. The van der Waals surface area contributed by atoms with Crippen LogP contribution in [0.25, 0.3) is 11.2 Å². The second-order valence-corrected chi connectivity index (χ2v) is 6.56. The Morgan fingerprint density at radius 1 is 1.11 bits per heavy atom. The monoisotopic (exact) mass is 360 g/mol. The first kappa shape index (κ1) is 17.3. The second kappa shape index (κ2) is 8.03. The number of nitrogens with one attached hydrogen (secondary N) is 1. The van der Waals surface area contributed by atoms with Crippen LogP contribution in [0.1, 0.15) is 17.8 Å². The lowest BCUT2D eigenvalue weighted by atomic mass is 10.00. The van der Waals surface area contributed by atoms with Gasteiger partial charge in [0.2, 0.25) is 0 Å². The molecule has 3 heterocycles. The molecule has 2 aromatic heterocycles. The molecule has 0 radical (unpaired) electrons. The Balaban J connectivity index is 1.34. The maximum Gasteiger partial charge on any atom is 0.193 e. The Labute approximate surface area is 159 Å². The molecule has 27 heavy (non-hydrogen) atoms. The average molecular weight is 360 g/mol. The number of hydrogen-bond donors (Lipinski definition) is 1. The van der Waals surface area contributed by atoms with Gasteiger partial charge in [0, 0.05) is 39.3 Å². The van der Waals surface area contributed by atoms with Crippen molar-refractivity contribution in [2.75, 3.05) is 26.7 Å². The average Bonchev–Trinajstić information content (AvgIpc) is 3.15. The van der Waals surface area contributed by atoms with Gasteiger partial charge in [0.15, 0.2) is 11.6 Å². The first-order valence-electron chi connectivity index (χ1n) is 9.34. The number of benzene rings is 1. The van der Waals surface area contributed by atoms with Crippen molar-refractivity contribution in [3.05, 3.63) is 72.2 Å². The number of fused-ring (bicyclic) bond motifs is 1. The molecular weight excluding hydrogens is 336 g/mol. The first-order chi connectivity index (χ1) is 13.3. The summed E-state index contributed by atoms with van der Waals surface area (Å²) in [7, 11) is 1.84. The second-order valence-electron chi connectivity index (χ2n) is 6.56. The summed E-state index contributed by atoms with van der Waals surface area (Å²) in [6, 6.07) is 16.5. The highest BCUT2D eigenvalue weighted by Crippen LogP contribution is 2.21. The van der Waals surface area contributed by atoms with Crippen LogP contribution in [0.15, 0.2) is 65.8 Å². The summed E-state index contributed by atoms with van der Waals surface area (Å²) >= 11 is 0. The summed E-state index contributed by atoms with van der Waals surface area (Å²) in [5.41, 5.74) is 3.61. The summed E-state index contributed by atoms with van der Waals surface area (Å²) in [6.45, 7) is 2.61. The maximum atomic E-state index is 4.45. The molecule has 4 rings (SSSR count). The topological polar surface area (TPSA) is 57.8 Å². The molecular formula is C21H24N6. The van der Waals surface area contributed by atoms with Crippen LogP contribution in [-0.2, 0) is 6.42 Å². The fraction of sp³-hybridized carbons (Fsp3) is 0.286. The van der Waals surface area contributed by atoms with Gasteiger partial charge in [-0.1, -0.05) is 42.5 Å². The third-order valence-electron chi connectivity index (χ3n) is 4.88. The molecule has 0 unspecified atom stereocenters. The Bertz CT molecular complexity index is 957. The van der Waals surface area contributed by atoms with Crippen LogP contribution in [0.4, 0.5) is 0 Å². The minimum Gasteiger partial charge on any atom is -0.356 e. The number of aromatic nitrogens is 3. The van der Waals surface area contributed by atoms with E-state index in [9.17, 15) is 0 Å². The normalized spacial score (nSPS) is 15.1. The van der Waals surface area contributed by atoms with Crippen molar-refractivity contribution < 1.29 is 0 Å². The SMILES string of the molecule is CN=C(NCCc1nnc2ccccn12)N1CC=C(c2ccccc2)CC1. The molecule has 1 aliphatic rings. The van der Waals surface area contributed by atoms with E-state index in [4.69, 9.17) is 0 Å². The molecule has 1 aromatic carbocycles. The van der Waals surface area contributed by atoms with Crippen LogP contribution in [0.5, 0.6) is 0 Å². The van der Waals surface area contributed by atoms with Gasteiger partial charge < -0.3 is 10.2 Å². The molecule has 1 N–H and O–H groups in total. The molecule has 0 atom stereocenters. The van der Waals surface area contributed by atoms with E-state index in [1.807, 2.05) is 35.8 Å². The lowest BCUT2D eigenvalue weighted by Crippen LogP contribution is -2.44. The molecule has 0 bridgehead atoms. The van der Waals surface area contributed by atoms with E-state index in [1.54, 1.807) is 0 Å². The zero-order valence-corrected chi connectivity index (χ0v) is 15.5. The fourth-order valence-corrected chi connectivity index (χ4v) is 3.46. The molecule has 3 aromatic rings. The van der Waals surface area contributed by atoms with Crippen molar-refractivity contribution in [2.45, 2.75) is 12.8 Å². The van der Waals surface area contributed by atoms with Gasteiger partial charge >= 0.3 is 0 Å². The van der Waals surface area contributed by atoms with Crippen LogP contribution >= 0.6 is 0 Å². The summed E-state index contributed by atoms with van der Waals surface area (Å²) < 4.78 is 2.03. The lowest BCUT2D eigenvalue weighted by molar-refractivity contribution is 0.440. The molecule has 0 amide bonds. The van der Waals surface area contributed by atoms with Crippen LogP contribution < -0.4 is 5.32 Å². The van der Waals surface area contributed by atoms with Gasteiger partial charge in [0.1, 0.15) is 5.82 Å². The molecule has 0 saturated carbocycles. The summed E-state index contributed by atoms with van der Waals surface area (Å²) in [5, 5.41) is 11.9. The van der Waals surface area contributed by atoms with E-state index in [-0.39, 0.29) is 0 Å². The van der Waals surface area contributed by atoms with Crippen molar-refractivity contribution in [2.24, 2.45) is 4.99 Å². The van der Waals surface area contributed by atoms with Crippen molar-refractivity contribution in [1.29, 1.82) is 0 Å². The minimum atomic E-state index is 0.772. The van der Waals surface area contributed by atoms with Crippen LogP contribution in [0.3, 0.4) is 0 Å². The highest BCUT2D eigenvalue weighted by Gasteiger charge is 2.16. The molecule has 0 saturated heterocycles. The van der Waals surface area contributed by atoms with Crippen molar-refractivity contribution in [3.63, 3.8) is 0 Å². The number of pyridine rings is 1. The lowest BCUT2D eigenvalue weighted by Gasteiger charge is -2.29. The van der Waals surface area contributed by atoms with Crippen molar-refractivity contribution >= 4 is 17.2 Å². The van der Waals surface area contributed by atoms with Crippen LogP contribution in [0, 0.1) is 0 Å². The maximum absolute atomic E-state index is 4.45. The third-order valence-corrected chi connectivity index (χ3v) is 4.88. The number of hydrogen-bond acceptors (Lipinski definition) is 3.